The summed E-state index contributed by atoms with van der Waals surface area (Å²) in [5.41, 5.74) is 6.03. The molecule has 0 radical (unpaired) electrons. The van der Waals surface area contributed by atoms with Crippen LogP contribution in [0.3, 0.4) is 0 Å². The molecule has 0 atom stereocenters. The predicted molar refractivity (Wildman–Crippen MR) is 80.6 cm³/mol. The Morgan fingerprint density at radius 3 is 3.05 bits per heavy atom. The molecule has 3 N–H and O–H groups in total. The number of carbonyl (C=O) groups is 1. The van der Waals surface area contributed by atoms with E-state index in [1.807, 2.05) is 0 Å². The molecule has 1 aromatic rings. The number of nitrogens with zero attached hydrogens (tertiary/aromatic N) is 1. The van der Waals surface area contributed by atoms with E-state index in [1.165, 1.54) is 18.2 Å². The zero-order valence-corrected chi connectivity index (χ0v) is 12.1. The quantitative estimate of drug-likeness (QED) is 0.814. The Balaban J connectivity index is 1.70. The molecular formula is C15H22FN3O2. The van der Waals surface area contributed by atoms with Gasteiger partial charge in [-0.05, 0) is 37.6 Å². The Morgan fingerprint density at radius 1 is 1.38 bits per heavy atom. The molecule has 1 aliphatic rings. The lowest BCUT2D eigenvalue weighted by Crippen LogP contribution is -2.28. The third-order valence-corrected chi connectivity index (χ3v) is 3.47. The van der Waals surface area contributed by atoms with Crippen LogP contribution in [0.5, 0.6) is 0 Å². The highest BCUT2D eigenvalue weighted by atomic mass is 19.1. The molecule has 1 amide bonds. The smallest absolute Gasteiger partial charge is 0.224 e. The van der Waals surface area contributed by atoms with Crippen LogP contribution in [0.4, 0.5) is 15.8 Å². The van der Waals surface area contributed by atoms with Crippen molar-refractivity contribution in [1.82, 2.24) is 4.90 Å². The lowest BCUT2D eigenvalue weighted by atomic mass is 10.2. The molecule has 21 heavy (non-hydrogen) atoms. The summed E-state index contributed by atoms with van der Waals surface area (Å²) in [5.74, 6) is -0.552. The molecule has 0 saturated carbocycles. The first-order valence-corrected chi connectivity index (χ1v) is 7.30. The minimum Gasteiger partial charge on any atom is -0.396 e. The van der Waals surface area contributed by atoms with Gasteiger partial charge in [0.15, 0.2) is 0 Å². The van der Waals surface area contributed by atoms with Crippen molar-refractivity contribution in [1.29, 1.82) is 0 Å². The van der Waals surface area contributed by atoms with Crippen molar-refractivity contribution in [3.63, 3.8) is 0 Å². The van der Waals surface area contributed by atoms with E-state index in [-0.39, 0.29) is 11.6 Å². The minimum atomic E-state index is -0.476. The van der Waals surface area contributed by atoms with Crippen molar-refractivity contribution >= 4 is 17.3 Å². The van der Waals surface area contributed by atoms with E-state index in [9.17, 15) is 9.18 Å². The number of benzene rings is 1. The number of carbonyl (C=O) groups excluding carboxylic acids is 1. The molecule has 1 aliphatic heterocycles. The predicted octanol–water partition coefficient (Wildman–Crippen LogP) is 1.85. The molecule has 0 aromatic heterocycles. The Kier molecular flexibility index (Phi) is 5.95. The lowest BCUT2D eigenvalue weighted by molar-refractivity contribution is -0.116. The van der Waals surface area contributed by atoms with Crippen LogP contribution in [-0.2, 0) is 9.53 Å². The Bertz CT molecular complexity index is 474. The van der Waals surface area contributed by atoms with Crippen LogP contribution in [-0.4, -0.2) is 43.7 Å². The standard InChI is InChI=1S/C15H22FN3O2/c16-13-5-4-12(11-14(13)17)18-15(20)3-1-6-19-7-2-9-21-10-8-19/h4-5,11H,1-3,6-10,17H2,(H,18,20). The van der Waals surface area contributed by atoms with Gasteiger partial charge in [0.05, 0.1) is 12.3 Å². The fourth-order valence-corrected chi connectivity index (χ4v) is 2.33. The molecule has 1 heterocycles. The third-order valence-electron chi connectivity index (χ3n) is 3.47. The number of nitrogen functional groups attached to an aromatic ring is 1. The van der Waals surface area contributed by atoms with Crippen LogP contribution in [0.1, 0.15) is 19.3 Å². The Hall–Kier alpha value is -1.66. The molecule has 1 saturated heterocycles. The van der Waals surface area contributed by atoms with Crippen LogP contribution in [0.25, 0.3) is 0 Å². The zero-order chi connectivity index (χ0) is 15.1. The number of nitrogens with one attached hydrogen (secondary N) is 1. The lowest BCUT2D eigenvalue weighted by Gasteiger charge is -2.18. The number of amides is 1. The first kappa shape index (κ1) is 15.7. The van der Waals surface area contributed by atoms with Gasteiger partial charge in [-0.25, -0.2) is 4.39 Å². The summed E-state index contributed by atoms with van der Waals surface area (Å²) in [6.45, 7) is 4.43. The molecule has 0 spiro atoms. The van der Waals surface area contributed by atoms with Crippen molar-refractivity contribution in [2.75, 3.05) is 43.9 Å². The van der Waals surface area contributed by atoms with E-state index in [1.54, 1.807) is 0 Å². The van der Waals surface area contributed by atoms with Crippen LogP contribution >= 0.6 is 0 Å². The maximum absolute atomic E-state index is 13.0. The summed E-state index contributed by atoms with van der Waals surface area (Å²) in [4.78, 5) is 14.1. The van der Waals surface area contributed by atoms with E-state index in [0.29, 0.717) is 12.1 Å². The molecule has 116 valence electrons. The monoisotopic (exact) mass is 295 g/mol. The maximum atomic E-state index is 13.0. The summed E-state index contributed by atoms with van der Waals surface area (Å²) in [6.07, 6.45) is 2.28. The number of rotatable bonds is 5. The van der Waals surface area contributed by atoms with Crippen LogP contribution in [0.15, 0.2) is 18.2 Å². The van der Waals surface area contributed by atoms with Crippen molar-refractivity contribution < 1.29 is 13.9 Å². The van der Waals surface area contributed by atoms with E-state index < -0.39 is 5.82 Å². The largest absolute Gasteiger partial charge is 0.396 e. The Labute approximate surface area is 124 Å². The second-order valence-electron chi connectivity index (χ2n) is 5.20. The summed E-state index contributed by atoms with van der Waals surface area (Å²) in [7, 11) is 0. The van der Waals surface area contributed by atoms with Crippen molar-refractivity contribution in [2.24, 2.45) is 0 Å². The zero-order valence-electron chi connectivity index (χ0n) is 12.1. The molecule has 1 aromatic carbocycles. The fourth-order valence-electron chi connectivity index (χ4n) is 2.33. The number of hydrogen-bond donors (Lipinski definition) is 2. The number of ether oxygens (including phenoxy) is 1. The maximum Gasteiger partial charge on any atom is 0.224 e. The van der Waals surface area contributed by atoms with E-state index in [2.05, 4.69) is 10.2 Å². The number of hydrogen-bond acceptors (Lipinski definition) is 4. The number of anilines is 2. The second kappa shape index (κ2) is 7.95. The van der Waals surface area contributed by atoms with Crippen LogP contribution in [0.2, 0.25) is 0 Å². The first-order chi connectivity index (χ1) is 10.1. The Morgan fingerprint density at radius 2 is 2.24 bits per heavy atom. The van der Waals surface area contributed by atoms with Gasteiger partial charge in [-0.15, -0.1) is 0 Å². The van der Waals surface area contributed by atoms with Gasteiger partial charge in [-0.3, -0.25) is 4.79 Å². The molecule has 5 nitrogen and oxygen atoms in total. The van der Waals surface area contributed by atoms with Gasteiger partial charge in [0.25, 0.3) is 0 Å². The average Bonchev–Trinajstić information content (AvgIpc) is 2.72. The van der Waals surface area contributed by atoms with Crippen molar-refractivity contribution in [3.8, 4) is 0 Å². The first-order valence-electron chi connectivity index (χ1n) is 7.30. The average molecular weight is 295 g/mol. The molecular weight excluding hydrogens is 273 g/mol. The van der Waals surface area contributed by atoms with Gasteiger partial charge in [0.1, 0.15) is 5.82 Å². The third kappa shape index (κ3) is 5.32. The van der Waals surface area contributed by atoms with Gasteiger partial charge < -0.3 is 20.7 Å². The van der Waals surface area contributed by atoms with Crippen LogP contribution in [0, 0.1) is 5.82 Å². The van der Waals surface area contributed by atoms with Gasteiger partial charge in [-0.2, -0.15) is 0 Å². The fraction of sp³-hybridized carbons (Fsp3) is 0.533. The van der Waals surface area contributed by atoms with Gasteiger partial charge in [-0.1, -0.05) is 0 Å². The van der Waals surface area contributed by atoms with Crippen molar-refractivity contribution in [3.05, 3.63) is 24.0 Å². The molecule has 0 bridgehead atoms. The van der Waals surface area contributed by atoms with Crippen molar-refractivity contribution in [2.45, 2.75) is 19.3 Å². The summed E-state index contributed by atoms with van der Waals surface area (Å²) in [6, 6.07) is 4.19. The van der Waals surface area contributed by atoms with E-state index >= 15 is 0 Å². The summed E-state index contributed by atoms with van der Waals surface area (Å²) >= 11 is 0. The number of nitrogens with two attached hydrogens (primary N) is 1. The number of halogens is 1. The molecule has 6 heteroatoms. The highest BCUT2D eigenvalue weighted by Crippen LogP contribution is 2.16. The second-order valence-corrected chi connectivity index (χ2v) is 5.20. The minimum absolute atomic E-state index is 0.0392. The van der Waals surface area contributed by atoms with Gasteiger partial charge in [0.2, 0.25) is 5.91 Å². The highest BCUT2D eigenvalue weighted by Gasteiger charge is 2.10. The summed E-state index contributed by atoms with van der Waals surface area (Å²) < 4.78 is 18.4. The molecule has 0 aliphatic carbocycles. The topological polar surface area (TPSA) is 67.6 Å². The molecule has 0 unspecified atom stereocenters. The van der Waals surface area contributed by atoms with E-state index in [4.69, 9.17) is 10.5 Å². The van der Waals surface area contributed by atoms with E-state index in [0.717, 1.165) is 45.7 Å². The van der Waals surface area contributed by atoms with Crippen LogP contribution < -0.4 is 11.1 Å². The molecule has 1 fully saturated rings. The molecule has 2 rings (SSSR count). The highest BCUT2D eigenvalue weighted by molar-refractivity contribution is 5.91. The van der Waals surface area contributed by atoms with Gasteiger partial charge >= 0.3 is 0 Å². The summed E-state index contributed by atoms with van der Waals surface area (Å²) in [5, 5.41) is 2.73. The SMILES string of the molecule is Nc1cc(NC(=O)CCCN2CCCOCC2)ccc1F. The van der Waals surface area contributed by atoms with Gasteiger partial charge in [0, 0.05) is 31.8 Å². The normalized spacial score (nSPS) is 16.4.